The molecule has 0 aromatic heterocycles. The molecule has 2 aliphatic rings. The summed E-state index contributed by atoms with van der Waals surface area (Å²) in [5.74, 6) is 0.281. The van der Waals surface area contributed by atoms with Gasteiger partial charge < -0.3 is 9.84 Å². The molecule has 2 fully saturated rings. The summed E-state index contributed by atoms with van der Waals surface area (Å²) in [7, 11) is 0. The maximum absolute atomic E-state index is 13.7. The van der Waals surface area contributed by atoms with Crippen LogP contribution in [0.5, 0.6) is 0 Å². The van der Waals surface area contributed by atoms with E-state index in [0.29, 0.717) is 12.8 Å². The van der Waals surface area contributed by atoms with E-state index in [-0.39, 0.29) is 17.1 Å². The maximum atomic E-state index is 13.7. The minimum Gasteiger partial charge on any atom is -0.390 e. The highest BCUT2D eigenvalue weighted by Gasteiger charge is 2.79. The Bertz CT molecular complexity index is 744. The normalized spacial score (nSPS) is 33.1. The molecule has 0 radical (unpaired) electrons. The van der Waals surface area contributed by atoms with Crippen LogP contribution in [0, 0.1) is 11.3 Å². The number of ketones is 1. The Kier molecular flexibility index (Phi) is 5.99. The van der Waals surface area contributed by atoms with Crippen molar-refractivity contribution in [2.45, 2.75) is 95.6 Å². The highest BCUT2D eigenvalue weighted by Crippen LogP contribution is 2.68. The molecule has 5 atom stereocenters. The largest absolute Gasteiger partial charge is 0.390 e. The van der Waals surface area contributed by atoms with E-state index in [0.717, 1.165) is 18.4 Å². The standard InChI is InChI=1S/C24H36ClNO3/c1-21(2,3)29-23(6)15-14-18-22(4,5)24(18,20(23)28)26-19(25)17(27)13-12-16-10-8-7-9-11-16/h7-11,17-19,26-27H,12-15H2,1-6H3/t17-,18?,19?,23-,24?/m0/s1. The summed E-state index contributed by atoms with van der Waals surface area (Å²) < 4.78 is 6.25. The third kappa shape index (κ3) is 4.14. The molecular formula is C24H36ClNO3. The van der Waals surface area contributed by atoms with E-state index < -0.39 is 28.3 Å². The first-order valence-corrected chi connectivity index (χ1v) is 11.2. The molecule has 162 valence electrons. The Hall–Kier alpha value is -0.940. The minimum atomic E-state index is -0.846. The number of alkyl halides is 1. The van der Waals surface area contributed by atoms with Gasteiger partial charge in [-0.3, -0.25) is 10.1 Å². The van der Waals surface area contributed by atoms with Gasteiger partial charge in [-0.15, -0.1) is 11.6 Å². The Balaban J connectivity index is 1.72. The molecule has 2 aliphatic carbocycles. The summed E-state index contributed by atoms with van der Waals surface area (Å²) in [5.41, 5.74) is -1.74. The van der Waals surface area contributed by atoms with E-state index in [4.69, 9.17) is 16.3 Å². The summed E-state index contributed by atoms with van der Waals surface area (Å²) in [4.78, 5) is 13.7. The highest BCUT2D eigenvalue weighted by atomic mass is 35.5. The Morgan fingerprint density at radius 2 is 1.86 bits per heavy atom. The van der Waals surface area contributed by atoms with Crippen LogP contribution in [0.3, 0.4) is 0 Å². The number of benzene rings is 1. The van der Waals surface area contributed by atoms with Crippen molar-refractivity contribution < 1.29 is 14.6 Å². The molecule has 0 bridgehead atoms. The summed E-state index contributed by atoms with van der Waals surface area (Å²) in [6.07, 6.45) is 2.15. The SMILES string of the molecule is CC(C)(C)O[C@@]1(C)CCC2C(C)(C)C2(NC(Cl)[C@@H](O)CCc2ccccc2)C1=O. The van der Waals surface area contributed by atoms with Crippen LogP contribution in [-0.2, 0) is 16.0 Å². The van der Waals surface area contributed by atoms with Crippen LogP contribution < -0.4 is 5.32 Å². The Morgan fingerprint density at radius 3 is 2.45 bits per heavy atom. The number of fused-ring (bicyclic) bond motifs is 1. The first-order valence-electron chi connectivity index (χ1n) is 10.7. The number of aryl methyl sites for hydroxylation is 1. The van der Waals surface area contributed by atoms with Gasteiger partial charge in [0.2, 0.25) is 0 Å². The Labute approximate surface area is 180 Å². The predicted octanol–water partition coefficient (Wildman–Crippen LogP) is 4.47. The lowest BCUT2D eigenvalue weighted by molar-refractivity contribution is -0.171. The van der Waals surface area contributed by atoms with Crippen molar-refractivity contribution >= 4 is 17.4 Å². The number of aliphatic hydroxyl groups is 1. The summed E-state index contributed by atoms with van der Waals surface area (Å²) in [5, 5.41) is 14.1. The molecular weight excluding hydrogens is 386 g/mol. The number of rotatable bonds is 7. The van der Waals surface area contributed by atoms with Crippen molar-refractivity contribution in [2.24, 2.45) is 11.3 Å². The first kappa shape index (κ1) is 22.7. The summed E-state index contributed by atoms with van der Waals surface area (Å²) >= 11 is 6.61. The van der Waals surface area contributed by atoms with Crippen LogP contribution in [0.4, 0.5) is 0 Å². The van der Waals surface area contributed by atoms with Gasteiger partial charge in [0, 0.05) is 0 Å². The number of aliphatic hydroxyl groups excluding tert-OH is 1. The number of carbonyl (C=O) groups excluding carboxylic acids is 1. The molecule has 0 amide bonds. The minimum absolute atomic E-state index is 0.0714. The van der Waals surface area contributed by atoms with Crippen molar-refractivity contribution in [1.29, 1.82) is 0 Å². The molecule has 2 N–H and O–H groups in total. The number of ether oxygens (including phenoxy) is 1. The molecule has 4 nitrogen and oxygen atoms in total. The zero-order valence-electron chi connectivity index (χ0n) is 18.6. The maximum Gasteiger partial charge on any atom is 0.185 e. The van der Waals surface area contributed by atoms with Crippen molar-refractivity contribution in [3.63, 3.8) is 0 Å². The van der Waals surface area contributed by atoms with Crippen LogP contribution in [0.15, 0.2) is 30.3 Å². The summed E-state index contributed by atoms with van der Waals surface area (Å²) in [6, 6.07) is 10.0. The molecule has 0 spiro atoms. The molecule has 3 unspecified atom stereocenters. The second-order valence-corrected chi connectivity index (χ2v) is 11.0. The molecule has 0 aliphatic heterocycles. The smallest absolute Gasteiger partial charge is 0.185 e. The molecule has 0 heterocycles. The average Bonchev–Trinajstić information content (AvgIpc) is 3.11. The van der Waals surface area contributed by atoms with E-state index in [9.17, 15) is 9.90 Å². The number of hydrogen-bond donors (Lipinski definition) is 2. The molecule has 3 rings (SSSR count). The predicted molar refractivity (Wildman–Crippen MR) is 117 cm³/mol. The topological polar surface area (TPSA) is 58.6 Å². The third-order valence-corrected chi connectivity index (χ3v) is 7.28. The van der Waals surface area contributed by atoms with Gasteiger partial charge in [-0.2, -0.15) is 0 Å². The van der Waals surface area contributed by atoms with Gasteiger partial charge >= 0.3 is 0 Å². The van der Waals surface area contributed by atoms with E-state index in [1.807, 2.05) is 58.0 Å². The third-order valence-electron chi connectivity index (χ3n) is 6.88. The van der Waals surface area contributed by atoms with Crippen molar-refractivity contribution in [3.05, 3.63) is 35.9 Å². The number of halogens is 1. The van der Waals surface area contributed by atoms with E-state index in [1.165, 1.54) is 0 Å². The van der Waals surface area contributed by atoms with Crippen molar-refractivity contribution in [3.8, 4) is 0 Å². The van der Waals surface area contributed by atoms with Crippen LogP contribution in [0.2, 0.25) is 0 Å². The lowest BCUT2D eigenvalue weighted by atomic mass is 9.80. The number of nitrogens with one attached hydrogen (secondary N) is 1. The van der Waals surface area contributed by atoms with Gasteiger partial charge in [-0.05, 0) is 70.3 Å². The zero-order valence-corrected chi connectivity index (χ0v) is 19.3. The summed E-state index contributed by atoms with van der Waals surface area (Å²) in [6.45, 7) is 12.1. The van der Waals surface area contributed by atoms with E-state index >= 15 is 0 Å². The second kappa shape index (κ2) is 7.64. The van der Waals surface area contributed by atoms with Crippen LogP contribution >= 0.6 is 11.6 Å². The Morgan fingerprint density at radius 1 is 1.24 bits per heavy atom. The van der Waals surface area contributed by atoms with Gasteiger partial charge in [0.05, 0.1) is 17.2 Å². The van der Waals surface area contributed by atoms with Crippen LogP contribution in [-0.4, -0.2) is 39.2 Å². The lowest BCUT2D eigenvalue weighted by Gasteiger charge is -2.42. The van der Waals surface area contributed by atoms with Gasteiger partial charge in [0.25, 0.3) is 0 Å². The average molecular weight is 422 g/mol. The fourth-order valence-electron chi connectivity index (χ4n) is 5.39. The van der Waals surface area contributed by atoms with E-state index in [1.54, 1.807) is 0 Å². The molecule has 0 saturated heterocycles. The zero-order chi connectivity index (χ0) is 21.7. The molecule has 5 heteroatoms. The van der Waals surface area contributed by atoms with Gasteiger partial charge in [-0.25, -0.2) is 0 Å². The van der Waals surface area contributed by atoms with Crippen molar-refractivity contribution in [1.82, 2.24) is 5.32 Å². The number of Topliss-reactive ketones (excluding diaryl/α,β-unsaturated/α-hetero) is 1. The van der Waals surface area contributed by atoms with Gasteiger partial charge in [0.15, 0.2) is 5.78 Å². The fraction of sp³-hybridized carbons (Fsp3) is 0.708. The molecule has 2 saturated carbocycles. The molecule has 1 aromatic carbocycles. The van der Waals surface area contributed by atoms with Gasteiger partial charge in [0.1, 0.15) is 11.1 Å². The molecule has 29 heavy (non-hydrogen) atoms. The lowest BCUT2D eigenvalue weighted by Crippen LogP contribution is -2.61. The van der Waals surface area contributed by atoms with E-state index in [2.05, 4.69) is 19.2 Å². The first-order chi connectivity index (χ1) is 13.3. The second-order valence-electron chi connectivity index (χ2n) is 10.5. The van der Waals surface area contributed by atoms with Crippen LogP contribution in [0.1, 0.15) is 66.4 Å². The number of hydrogen-bond acceptors (Lipinski definition) is 4. The number of carbonyl (C=O) groups is 1. The molecule has 1 aromatic rings. The fourth-order valence-corrected chi connectivity index (χ4v) is 5.69. The monoisotopic (exact) mass is 421 g/mol. The van der Waals surface area contributed by atoms with Crippen LogP contribution in [0.25, 0.3) is 0 Å². The highest BCUT2D eigenvalue weighted by molar-refractivity contribution is 6.21. The van der Waals surface area contributed by atoms with Gasteiger partial charge in [-0.1, -0.05) is 44.2 Å². The van der Waals surface area contributed by atoms with Crippen molar-refractivity contribution in [2.75, 3.05) is 0 Å². The quantitative estimate of drug-likeness (QED) is 0.503.